The molecule has 0 spiro atoms. The minimum Gasteiger partial charge on any atom is -0.700 e. The van der Waals surface area contributed by atoms with E-state index in [4.69, 9.17) is 32.7 Å². The van der Waals surface area contributed by atoms with E-state index in [-0.39, 0.29) is 71.8 Å². The Labute approximate surface area is 422 Å². The molecule has 69 heavy (non-hydrogen) atoms. The second kappa shape index (κ2) is 27.1. The van der Waals surface area contributed by atoms with Gasteiger partial charge in [-0.15, -0.1) is 30.9 Å². The van der Waals surface area contributed by atoms with Crippen LogP contribution in [0.5, 0.6) is 0 Å². The number of carboxylic acids is 2. The van der Waals surface area contributed by atoms with Crippen LogP contribution in [0.4, 0.5) is 24.5 Å². The van der Waals surface area contributed by atoms with Crippen molar-refractivity contribution in [2.45, 2.75) is 97.4 Å². The zero-order valence-electron chi connectivity index (χ0n) is 40.0. The van der Waals surface area contributed by atoms with Gasteiger partial charge in [0.1, 0.15) is 12.3 Å². The van der Waals surface area contributed by atoms with Gasteiger partial charge in [0.25, 0.3) is 0 Å². The number of alkyl halides is 3. The van der Waals surface area contributed by atoms with E-state index < -0.39 is 41.7 Å². The van der Waals surface area contributed by atoms with E-state index >= 15 is 0 Å². The number of carboxylic acid groups (broad SMARTS) is 2. The quantitative estimate of drug-likeness (QED) is 0.0512. The third kappa shape index (κ3) is 15.6. The number of carbonyl (C=O) groups excluding carboxylic acids is 1. The van der Waals surface area contributed by atoms with Crippen LogP contribution in [0, 0.1) is 10.7 Å². The number of nitrogens with two attached hydrogens (primary N) is 1. The van der Waals surface area contributed by atoms with E-state index in [0.29, 0.717) is 12.0 Å². The van der Waals surface area contributed by atoms with Gasteiger partial charge in [-0.05, 0) is 40.3 Å². The second-order valence-corrected chi connectivity index (χ2v) is 16.3. The fraction of sp³-hybridized carbons (Fsp3) is 0.333. The van der Waals surface area contributed by atoms with Gasteiger partial charge < -0.3 is 60.9 Å². The average Bonchev–Trinajstić information content (AvgIpc) is 3.31. The Hall–Kier alpha value is -6.25. The average molecular weight is 1050 g/mol. The summed E-state index contributed by atoms with van der Waals surface area (Å²) in [6, 6.07) is 12.2. The number of benzene rings is 2. The van der Waals surface area contributed by atoms with Gasteiger partial charge in [0.2, 0.25) is 0 Å². The number of rotatable bonds is 10. The number of para-hydroxylation sites is 1. The van der Waals surface area contributed by atoms with E-state index in [0.717, 1.165) is 40.4 Å². The van der Waals surface area contributed by atoms with Crippen molar-refractivity contribution in [3.8, 4) is 5.40 Å². The van der Waals surface area contributed by atoms with E-state index in [2.05, 4.69) is 91.2 Å². The van der Waals surface area contributed by atoms with Crippen LogP contribution in [0.1, 0.15) is 73.4 Å². The molecular formula is C51H59F3N8O5RuS. The van der Waals surface area contributed by atoms with Gasteiger partial charge in [0.15, 0.2) is 0 Å². The molecule has 0 aromatic heterocycles. The van der Waals surface area contributed by atoms with Crippen LogP contribution in [0.25, 0.3) is 27.4 Å². The molecule has 4 aliphatic heterocycles. The third-order valence-electron chi connectivity index (χ3n) is 10.3. The summed E-state index contributed by atoms with van der Waals surface area (Å²) in [5, 5.41) is 39.6. The molecule has 3 unspecified atom stereocenters. The van der Waals surface area contributed by atoms with E-state index in [9.17, 15) is 27.6 Å². The van der Waals surface area contributed by atoms with E-state index in [1.165, 1.54) is 41.3 Å². The number of nitriles is 1. The predicted octanol–water partition coefficient (Wildman–Crippen LogP) is 12.5. The number of hydrogen-bond donors (Lipinski definition) is 3. The van der Waals surface area contributed by atoms with E-state index in [1.807, 2.05) is 65.8 Å². The molecule has 0 bridgehead atoms. The Kier molecular flexibility index (Phi) is 23.8. The van der Waals surface area contributed by atoms with Crippen LogP contribution in [-0.4, -0.2) is 65.8 Å². The van der Waals surface area contributed by atoms with E-state index in [1.54, 1.807) is 0 Å². The molecule has 0 aliphatic carbocycles. The summed E-state index contributed by atoms with van der Waals surface area (Å²) in [5.74, 6) is -2.32. The Morgan fingerprint density at radius 3 is 2.09 bits per heavy atom. The molecule has 2 aromatic rings. The smallest absolute Gasteiger partial charge is 0.700 e. The summed E-state index contributed by atoms with van der Waals surface area (Å²) in [5.41, 5.74) is 27.8. The van der Waals surface area contributed by atoms with Crippen molar-refractivity contribution in [1.29, 1.82) is 5.26 Å². The molecule has 3 atom stereocenters. The van der Waals surface area contributed by atoms with Gasteiger partial charge in [0.05, 0.1) is 16.8 Å². The minimum atomic E-state index is -4.62. The number of nitrogens with zero attached hydrogens (tertiary/aromatic N) is 5. The molecule has 2 aromatic carbocycles. The number of aliphatic carboxylic acids is 2. The molecule has 0 radical (unpaired) electrons. The summed E-state index contributed by atoms with van der Waals surface area (Å²) in [6.45, 7) is 22.3. The number of fused-ring (bicyclic) bond motifs is 2. The topological polar surface area (TPSA) is 235 Å². The van der Waals surface area contributed by atoms with Crippen LogP contribution >= 0.6 is 0 Å². The number of thiocyanates is 1. The largest absolute Gasteiger partial charge is 6.00 e. The molecule has 0 amide bonds. The fourth-order valence-corrected chi connectivity index (χ4v) is 7.12. The zero-order chi connectivity index (χ0) is 51.7. The van der Waals surface area contributed by atoms with Crippen molar-refractivity contribution >= 4 is 42.2 Å². The fourth-order valence-electron chi connectivity index (χ4n) is 7.12. The monoisotopic (exact) mass is 1050 g/mol. The van der Waals surface area contributed by atoms with Crippen LogP contribution in [0.2, 0.25) is 0 Å². The molecule has 18 heteroatoms. The minimum absolute atomic E-state index is 0. The molecule has 0 fully saturated rings. The number of aldehydes is 1. The molecular weight excluding hydrogens is 995 g/mol. The molecule has 368 valence electrons. The standard InChI is InChI=1S/C28H31F3N4.C18H16N3O5.2C2H6.CHNS.Ru/c1-26(2,3)17-10-12-18(13-11-17)35-21-9-7-6-8-19(21)27(4,5)24-22(35)14-15-34-25(24)20(32)16-23(33)28(29,30)31;1-2-11(17(23)24)7-13(19)14-5-10(9-22)6-16(21-14)15-8-12(18(25)26)3-4-20-15;2*1-2;2-1-3;/h6-14,16,23,32H,15,33H2,1-5H3;2-3,5-9,13-14,19H,1,4H2,(H,23,24)(H,25,26);2*1-2H3;3H;/q-2;-3;;;;+6/p-1/b20-16-;11-7+;;;;. The first-order valence-electron chi connectivity index (χ1n) is 21.6. The number of hydrogen-bond acceptors (Lipinski definition) is 7. The summed E-state index contributed by atoms with van der Waals surface area (Å²) in [6.07, 6.45) is 6.67. The van der Waals surface area contributed by atoms with Crippen molar-refractivity contribution in [3.63, 3.8) is 0 Å². The number of anilines is 2. The summed E-state index contributed by atoms with van der Waals surface area (Å²) in [4.78, 5) is 35.5. The summed E-state index contributed by atoms with van der Waals surface area (Å²) in [7, 11) is 0. The van der Waals surface area contributed by atoms with Crippen LogP contribution in [0.3, 0.4) is 0 Å². The first kappa shape index (κ1) is 60.8. The SMILES string of the molecule is C=C/C(=C\C([NH-])C1C=C(C=O)C=C(C2=CC(C(=O)O)=CC[N-]2)[N-]1)C(=O)O.CC.CC.CC(C)(C)c1ccc(N2C3=CC[N-]C(/C([NH-])=C/C(N)C(F)(F)F)=C3C(C)(C)c3ccccc32)cc1.N#C[S-].[Ru+6]. The maximum atomic E-state index is 13.1. The van der Waals surface area contributed by atoms with Gasteiger partial charge in [-0.2, -0.15) is 30.3 Å². The van der Waals surface area contributed by atoms with Crippen LogP contribution < -0.4 is 10.6 Å². The third-order valence-corrected chi connectivity index (χ3v) is 10.3. The maximum Gasteiger partial charge on any atom is 6.00 e. The molecule has 4 aliphatic rings. The molecule has 4 heterocycles. The Morgan fingerprint density at radius 2 is 1.57 bits per heavy atom. The van der Waals surface area contributed by atoms with Gasteiger partial charge in [-0.3, -0.25) is 4.79 Å². The number of allylic oxidation sites excluding steroid dienone is 3. The van der Waals surface area contributed by atoms with Gasteiger partial charge in [0, 0.05) is 22.4 Å². The normalized spacial score (nSPS) is 17.8. The van der Waals surface area contributed by atoms with Gasteiger partial charge in [-0.1, -0.05) is 153 Å². The van der Waals surface area contributed by atoms with Gasteiger partial charge >= 0.3 is 37.6 Å². The van der Waals surface area contributed by atoms with Crippen molar-refractivity contribution in [2.24, 2.45) is 5.73 Å². The maximum absolute atomic E-state index is 13.1. The summed E-state index contributed by atoms with van der Waals surface area (Å²) >= 11 is 3.70. The number of carbonyl (C=O) groups is 3. The zero-order valence-corrected chi connectivity index (χ0v) is 42.6. The molecule has 6 N–H and O–H groups in total. The summed E-state index contributed by atoms with van der Waals surface area (Å²) < 4.78 is 39.4. The number of halogens is 3. The Balaban J connectivity index is 0.000000623. The number of nitrogens with one attached hydrogen (secondary N) is 2. The van der Waals surface area contributed by atoms with Crippen LogP contribution in [-0.2, 0) is 57.3 Å². The molecule has 6 rings (SSSR count). The Bertz CT molecular complexity index is 2460. The predicted molar refractivity (Wildman–Crippen MR) is 268 cm³/mol. The van der Waals surface area contributed by atoms with Crippen molar-refractivity contribution in [1.82, 2.24) is 0 Å². The second-order valence-electron chi connectivity index (χ2n) is 16.1. The molecule has 13 nitrogen and oxygen atoms in total. The van der Waals surface area contributed by atoms with Crippen molar-refractivity contribution in [2.75, 3.05) is 18.0 Å². The molecule has 0 saturated heterocycles. The Morgan fingerprint density at radius 1 is 0.986 bits per heavy atom. The molecule has 0 saturated carbocycles. The van der Waals surface area contributed by atoms with Gasteiger partial charge in [-0.25, -0.2) is 14.9 Å². The van der Waals surface area contributed by atoms with Crippen molar-refractivity contribution in [3.05, 3.63) is 193 Å². The van der Waals surface area contributed by atoms with Crippen LogP contribution in [0.15, 0.2) is 154 Å². The first-order chi connectivity index (χ1) is 32.0. The van der Waals surface area contributed by atoms with Crippen molar-refractivity contribution < 1.29 is 57.2 Å². The first-order valence-corrected chi connectivity index (χ1v) is 22.0.